The van der Waals surface area contributed by atoms with Gasteiger partial charge in [0.1, 0.15) is 0 Å². The third-order valence-corrected chi connectivity index (χ3v) is 3.97. The van der Waals surface area contributed by atoms with Crippen LogP contribution in [0.1, 0.15) is 43.7 Å². The fourth-order valence-corrected chi connectivity index (χ4v) is 2.44. The number of amides is 1. The van der Waals surface area contributed by atoms with Crippen molar-refractivity contribution in [1.29, 1.82) is 0 Å². The molecule has 3 rings (SSSR count). The van der Waals surface area contributed by atoms with E-state index in [-0.39, 0.29) is 7.33 Å². The molecule has 1 amide bonds. The predicted molar refractivity (Wildman–Crippen MR) is 99.2 cm³/mol. The van der Waals surface area contributed by atoms with E-state index in [2.05, 4.69) is 47.6 Å². The molecule has 0 radical (unpaired) electrons. The molecule has 0 fully saturated rings. The molecular weight excluding hydrogens is 284 g/mol. The molecule has 0 aliphatic carbocycles. The number of nitrogens with one attached hydrogen (secondary N) is 1. The average Bonchev–Trinajstić information content (AvgIpc) is 2.97. The maximum atomic E-state index is 11.6. The number of benzene rings is 2. The lowest BCUT2D eigenvalue weighted by molar-refractivity contribution is 0.0966. The van der Waals surface area contributed by atoms with Crippen molar-refractivity contribution in [3.63, 3.8) is 0 Å². The fourth-order valence-electron chi connectivity index (χ4n) is 2.44. The van der Waals surface area contributed by atoms with Gasteiger partial charge in [0.15, 0.2) is 0 Å². The van der Waals surface area contributed by atoms with Crippen LogP contribution in [0, 0.1) is 0 Å². The molecule has 1 aliphatic rings. The summed E-state index contributed by atoms with van der Waals surface area (Å²) in [7, 11) is 1.79. The van der Waals surface area contributed by atoms with Gasteiger partial charge in [0, 0.05) is 26.3 Å². The van der Waals surface area contributed by atoms with Gasteiger partial charge in [-0.1, -0.05) is 43.3 Å². The molecule has 2 aromatic carbocycles. The molecule has 0 bridgehead atoms. The zero-order valence-corrected chi connectivity index (χ0v) is 14.3. The van der Waals surface area contributed by atoms with E-state index >= 15 is 0 Å². The Morgan fingerprint density at radius 3 is 2.30 bits per heavy atom. The quantitative estimate of drug-likeness (QED) is 0.815. The first-order valence-electron chi connectivity index (χ1n) is 7.96. The molecule has 0 saturated heterocycles. The lowest BCUT2D eigenvalue weighted by atomic mass is 9.96. The normalized spacial score (nSPS) is 11.9. The van der Waals surface area contributed by atoms with Gasteiger partial charge in [0.05, 0.1) is 0 Å². The molecule has 23 heavy (non-hydrogen) atoms. The van der Waals surface area contributed by atoms with Crippen LogP contribution in [0.25, 0.3) is 11.1 Å². The SMILES string of the molecule is CCc1ccc(-c2cccc3c2CNC3=O)cc1.CN=C(C)C.[HH]. The van der Waals surface area contributed by atoms with Crippen LogP contribution in [-0.4, -0.2) is 18.7 Å². The standard InChI is InChI=1S/C16H15NO.C4H9N.H2/c1-2-11-6-8-12(9-7-11)13-4-3-5-14-15(13)10-17-16(14)18;1-4(2)5-3;/h3-9H,2,10H2,1H3,(H,17,18);1-3H3;1H. The predicted octanol–water partition coefficient (Wildman–Crippen LogP) is 4.50. The van der Waals surface area contributed by atoms with Crippen LogP contribution in [0.4, 0.5) is 0 Å². The highest BCUT2D eigenvalue weighted by atomic mass is 16.1. The number of fused-ring (bicyclic) bond motifs is 1. The van der Waals surface area contributed by atoms with Crippen molar-refractivity contribution in [1.82, 2.24) is 5.32 Å². The van der Waals surface area contributed by atoms with E-state index in [1.54, 1.807) is 7.05 Å². The van der Waals surface area contributed by atoms with E-state index < -0.39 is 0 Å². The van der Waals surface area contributed by atoms with Crippen molar-refractivity contribution in [3.8, 4) is 11.1 Å². The van der Waals surface area contributed by atoms with Crippen molar-refractivity contribution >= 4 is 11.6 Å². The maximum Gasteiger partial charge on any atom is 0.251 e. The minimum absolute atomic E-state index is 0. The first-order chi connectivity index (χ1) is 11.1. The number of aryl methyl sites for hydroxylation is 1. The Labute approximate surface area is 139 Å². The number of carbonyl (C=O) groups is 1. The molecule has 3 heteroatoms. The largest absolute Gasteiger partial charge is 0.348 e. The van der Waals surface area contributed by atoms with E-state index in [1.807, 2.05) is 26.0 Å². The van der Waals surface area contributed by atoms with Crippen molar-refractivity contribution < 1.29 is 6.22 Å². The molecule has 1 heterocycles. The highest BCUT2D eigenvalue weighted by Crippen LogP contribution is 2.29. The molecule has 3 nitrogen and oxygen atoms in total. The van der Waals surface area contributed by atoms with Crippen molar-refractivity contribution in [2.75, 3.05) is 7.05 Å². The molecule has 1 N–H and O–H groups in total. The minimum atomic E-state index is 0. The van der Waals surface area contributed by atoms with Crippen LogP contribution in [-0.2, 0) is 13.0 Å². The number of carbonyl (C=O) groups excluding carboxylic acids is 1. The van der Waals surface area contributed by atoms with E-state index in [4.69, 9.17) is 0 Å². The summed E-state index contributed by atoms with van der Waals surface area (Å²) in [6.45, 7) is 6.73. The Morgan fingerprint density at radius 1 is 1.13 bits per heavy atom. The molecule has 122 valence electrons. The van der Waals surface area contributed by atoms with Crippen LogP contribution in [0.5, 0.6) is 0 Å². The summed E-state index contributed by atoms with van der Waals surface area (Å²) in [6.07, 6.45) is 1.05. The van der Waals surface area contributed by atoms with Gasteiger partial charge in [0.2, 0.25) is 0 Å². The van der Waals surface area contributed by atoms with Gasteiger partial charge < -0.3 is 5.32 Å². The van der Waals surface area contributed by atoms with Crippen molar-refractivity contribution in [3.05, 3.63) is 59.2 Å². The van der Waals surface area contributed by atoms with Crippen LogP contribution < -0.4 is 5.32 Å². The van der Waals surface area contributed by atoms with Gasteiger partial charge in [-0.25, -0.2) is 0 Å². The van der Waals surface area contributed by atoms with E-state index in [0.29, 0.717) is 6.54 Å². The van der Waals surface area contributed by atoms with Crippen molar-refractivity contribution in [2.24, 2.45) is 4.99 Å². The molecule has 1 aliphatic heterocycles. The second kappa shape index (κ2) is 7.73. The first-order valence-corrected chi connectivity index (χ1v) is 7.96. The zero-order chi connectivity index (χ0) is 16.8. The van der Waals surface area contributed by atoms with Crippen LogP contribution in [0.2, 0.25) is 0 Å². The van der Waals surface area contributed by atoms with E-state index in [9.17, 15) is 4.79 Å². The lowest BCUT2D eigenvalue weighted by Gasteiger charge is -2.07. The summed E-state index contributed by atoms with van der Waals surface area (Å²) in [4.78, 5) is 15.4. The summed E-state index contributed by atoms with van der Waals surface area (Å²) in [5.41, 5.74) is 6.73. The monoisotopic (exact) mass is 310 g/mol. The zero-order valence-electron chi connectivity index (χ0n) is 14.3. The molecule has 0 unspecified atom stereocenters. The fraction of sp³-hybridized carbons (Fsp3) is 0.300. The Bertz CT molecular complexity index is 717. The van der Waals surface area contributed by atoms with Gasteiger partial charge in [-0.3, -0.25) is 9.79 Å². The third kappa shape index (κ3) is 4.07. The van der Waals surface area contributed by atoms with Crippen LogP contribution >= 0.6 is 0 Å². The summed E-state index contributed by atoms with van der Waals surface area (Å²) >= 11 is 0. The third-order valence-electron chi connectivity index (χ3n) is 3.97. The second-order valence-corrected chi connectivity index (χ2v) is 5.74. The second-order valence-electron chi connectivity index (χ2n) is 5.74. The minimum Gasteiger partial charge on any atom is -0.348 e. The van der Waals surface area contributed by atoms with Crippen LogP contribution in [0.3, 0.4) is 0 Å². The van der Waals surface area contributed by atoms with Gasteiger partial charge in [-0.2, -0.15) is 0 Å². The maximum absolute atomic E-state index is 11.6. The highest BCUT2D eigenvalue weighted by molar-refractivity contribution is 6.00. The molecule has 0 aromatic heterocycles. The number of nitrogens with zero attached hydrogens (tertiary/aromatic N) is 1. The summed E-state index contributed by atoms with van der Waals surface area (Å²) in [6, 6.07) is 14.5. The van der Waals surface area contributed by atoms with E-state index in [1.165, 1.54) is 11.1 Å². The number of hydrogen-bond acceptors (Lipinski definition) is 2. The molecule has 2 aromatic rings. The highest BCUT2D eigenvalue weighted by Gasteiger charge is 2.21. The number of aliphatic imine (C=N–C) groups is 1. The summed E-state index contributed by atoms with van der Waals surface area (Å²) < 4.78 is 0. The Morgan fingerprint density at radius 2 is 1.74 bits per heavy atom. The number of hydrogen-bond donors (Lipinski definition) is 1. The summed E-state index contributed by atoms with van der Waals surface area (Å²) in [5.74, 6) is 0.0389. The van der Waals surface area contributed by atoms with Gasteiger partial charge >= 0.3 is 0 Å². The molecule has 0 atom stereocenters. The van der Waals surface area contributed by atoms with Crippen LogP contribution in [0.15, 0.2) is 47.5 Å². The smallest absolute Gasteiger partial charge is 0.251 e. The lowest BCUT2D eigenvalue weighted by Crippen LogP contribution is -2.12. The van der Waals surface area contributed by atoms with E-state index in [0.717, 1.165) is 28.8 Å². The molecule has 0 spiro atoms. The number of rotatable bonds is 2. The average molecular weight is 310 g/mol. The molecule has 0 saturated carbocycles. The van der Waals surface area contributed by atoms with Gasteiger partial charge in [-0.15, -0.1) is 0 Å². The Balaban J connectivity index is 0.000000425. The molecular formula is C20H26N2O. The van der Waals surface area contributed by atoms with Gasteiger partial charge in [-0.05, 0) is 48.6 Å². The Kier molecular flexibility index (Phi) is 5.69. The van der Waals surface area contributed by atoms with Crippen molar-refractivity contribution in [2.45, 2.75) is 33.7 Å². The first kappa shape index (κ1) is 16.9. The summed E-state index contributed by atoms with van der Waals surface area (Å²) in [5, 5.41) is 2.88. The Hall–Kier alpha value is -2.42. The van der Waals surface area contributed by atoms with Gasteiger partial charge in [0.25, 0.3) is 5.91 Å². The topological polar surface area (TPSA) is 41.5 Å².